The molecule has 0 aliphatic rings. The quantitative estimate of drug-likeness (QED) is 0.422. The van der Waals surface area contributed by atoms with E-state index in [0.29, 0.717) is 16.9 Å². The van der Waals surface area contributed by atoms with Crippen LogP contribution in [-0.4, -0.2) is 20.0 Å². The fourth-order valence-corrected chi connectivity index (χ4v) is 2.82. The van der Waals surface area contributed by atoms with Crippen LogP contribution in [-0.2, 0) is 6.61 Å². The molecule has 2 N–H and O–H groups in total. The zero-order valence-electron chi connectivity index (χ0n) is 14.6. The van der Waals surface area contributed by atoms with Crippen molar-refractivity contribution in [3.63, 3.8) is 0 Å². The first-order chi connectivity index (χ1) is 13.8. The summed E-state index contributed by atoms with van der Waals surface area (Å²) in [5, 5.41) is 20.3. The number of aromatic hydroxyl groups is 1. The molecule has 0 amide bonds. The summed E-state index contributed by atoms with van der Waals surface area (Å²) in [6.07, 6.45) is 2.88. The van der Waals surface area contributed by atoms with Crippen LogP contribution in [0.4, 0.5) is 10.1 Å². The molecule has 0 saturated carbocycles. The first-order valence-corrected chi connectivity index (χ1v) is 8.96. The predicted octanol–water partition coefficient (Wildman–Crippen LogP) is 4.03. The molecule has 0 bridgehead atoms. The van der Waals surface area contributed by atoms with E-state index in [9.17, 15) is 24.4 Å². The number of aromatic nitrogens is 2. The number of nitrogens with zero attached hydrogens (tertiary/aromatic N) is 2. The van der Waals surface area contributed by atoms with Crippen molar-refractivity contribution < 1.29 is 19.2 Å². The Morgan fingerprint density at radius 1 is 1.28 bits per heavy atom. The zero-order valence-corrected chi connectivity index (χ0v) is 16.2. The average molecular weight is 462 g/mol. The third-order valence-corrected chi connectivity index (χ3v) is 4.30. The fourth-order valence-electron chi connectivity index (χ4n) is 2.44. The minimum absolute atomic E-state index is 0.00253. The van der Waals surface area contributed by atoms with Gasteiger partial charge in [-0.15, -0.1) is 0 Å². The molecule has 1 heterocycles. The maximum Gasteiger partial charge on any atom is 0.395 e. The van der Waals surface area contributed by atoms with Gasteiger partial charge in [-0.1, -0.05) is 34.1 Å². The maximum absolute atomic E-state index is 13.8. The van der Waals surface area contributed by atoms with Crippen LogP contribution in [0, 0.1) is 15.9 Å². The van der Waals surface area contributed by atoms with Crippen molar-refractivity contribution in [2.45, 2.75) is 6.61 Å². The molecule has 0 saturated heterocycles. The number of hydrogen-bond donors (Lipinski definition) is 2. The Morgan fingerprint density at radius 2 is 2.03 bits per heavy atom. The van der Waals surface area contributed by atoms with E-state index in [4.69, 9.17) is 4.74 Å². The normalized spacial score (nSPS) is 11.0. The van der Waals surface area contributed by atoms with Crippen molar-refractivity contribution in [1.29, 1.82) is 0 Å². The lowest BCUT2D eigenvalue weighted by atomic mass is 10.1. The highest BCUT2D eigenvalue weighted by molar-refractivity contribution is 9.10. The largest absolute Gasteiger partial charge is 0.488 e. The van der Waals surface area contributed by atoms with Gasteiger partial charge < -0.3 is 14.8 Å². The Balaban J connectivity index is 1.87. The highest BCUT2D eigenvalue weighted by atomic mass is 79.9. The van der Waals surface area contributed by atoms with Crippen LogP contribution in [0.15, 0.2) is 51.7 Å². The summed E-state index contributed by atoms with van der Waals surface area (Å²) < 4.78 is 20.2. The van der Waals surface area contributed by atoms with E-state index in [1.807, 2.05) is 0 Å². The van der Waals surface area contributed by atoms with E-state index >= 15 is 0 Å². The minimum atomic E-state index is -1.08. The second-order valence-corrected chi connectivity index (χ2v) is 6.69. The van der Waals surface area contributed by atoms with E-state index in [1.54, 1.807) is 36.4 Å². The maximum atomic E-state index is 13.8. The first kappa shape index (κ1) is 20.2. The summed E-state index contributed by atoms with van der Waals surface area (Å²) in [5.74, 6) is -1.02. The number of halogens is 2. The number of aromatic amines is 1. The molecule has 2 aromatic carbocycles. The molecule has 3 aromatic rings. The van der Waals surface area contributed by atoms with Gasteiger partial charge in [0.2, 0.25) is 0 Å². The van der Waals surface area contributed by atoms with Crippen molar-refractivity contribution in [3.05, 3.63) is 90.2 Å². The third kappa shape index (κ3) is 4.85. The summed E-state index contributed by atoms with van der Waals surface area (Å²) >= 11 is 3.34. The molecule has 0 spiro atoms. The monoisotopic (exact) mass is 461 g/mol. The predicted molar refractivity (Wildman–Crippen MR) is 107 cm³/mol. The van der Waals surface area contributed by atoms with Gasteiger partial charge in [0, 0.05) is 15.6 Å². The lowest BCUT2D eigenvalue weighted by Crippen LogP contribution is -2.14. The fraction of sp³-hybridized carbons (Fsp3) is 0.0526. The summed E-state index contributed by atoms with van der Waals surface area (Å²) in [4.78, 5) is 27.3. The number of ether oxygens (including phenoxy) is 1. The zero-order chi connectivity index (χ0) is 21.0. The van der Waals surface area contributed by atoms with E-state index in [1.165, 1.54) is 18.2 Å². The molecule has 0 unspecified atom stereocenters. The van der Waals surface area contributed by atoms with Gasteiger partial charge in [-0.2, -0.15) is 4.98 Å². The van der Waals surface area contributed by atoms with Gasteiger partial charge in [-0.3, -0.25) is 14.9 Å². The van der Waals surface area contributed by atoms with Crippen LogP contribution in [0.25, 0.3) is 12.2 Å². The van der Waals surface area contributed by atoms with E-state index in [2.05, 4.69) is 25.9 Å². The third-order valence-electron chi connectivity index (χ3n) is 3.81. The summed E-state index contributed by atoms with van der Waals surface area (Å²) in [6.45, 7) is 0.00253. The van der Waals surface area contributed by atoms with Crippen LogP contribution in [0.1, 0.15) is 17.0 Å². The second kappa shape index (κ2) is 8.65. The van der Waals surface area contributed by atoms with Crippen LogP contribution in [0.2, 0.25) is 0 Å². The van der Waals surface area contributed by atoms with Gasteiger partial charge in [0.15, 0.2) is 0 Å². The van der Waals surface area contributed by atoms with Gasteiger partial charge in [0.05, 0.1) is 4.92 Å². The van der Waals surface area contributed by atoms with Crippen LogP contribution < -0.4 is 10.3 Å². The minimum Gasteiger partial charge on any atom is -0.488 e. The highest BCUT2D eigenvalue weighted by Crippen LogP contribution is 2.26. The SMILES string of the molecule is O=c1[nH]c(/C=C/c2cc(Br)ccc2OCc2ccccc2F)nc(O)c1[N+](=O)[O-]. The van der Waals surface area contributed by atoms with Crippen LogP contribution >= 0.6 is 15.9 Å². The van der Waals surface area contributed by atoms with Crippen LogP contribution in [0.3, 0.4) is 0 Å². The lowest BCUT2D eigenvalue weighted by molar-refractivity contribution is -0.387. The summed E-state index contributed by atoms with van der Waals surface area (Å²) in [5.41, 5.74) is -1.15. The van der Waals surface area contributed by atoms with Crippen LogP contribution in [0.5, 0.6) is 11.6 Å². The van der Waals surface area contributed by atoms with Gasteiger partial charge >= 0.3 is 11.2 Å². The average Bonchev–Trinajstić information content (AvgIpc) is 2.66. The number of rotatable bonds is 6. The number of benzene rings is 2. The standard InChI is InChI=1S/C19H13BrFN3O5/c20-13-6-7-15(29-10-12-3-1-2-4-14(12)21)11(9-13)5-8-16-22-18(25)17(24(27)28)19(26)23-16/h1-9H,10H2,(H2,22,23,25,26)/b8-5+. The smallest absolute Gasteiger partial charge is 0.395 e. The molecule has 0 fully saturated rings. The second-order valence-electron chi connectivity index (χ2n) is 5.78. The Hall–Kier alpha value is -3.53. The molecule has 148 valence electrons. The van der Waals surface area contributed by atoms with Gasteiger partial charge in [0.25, 0.3) is 5.88 Å². The number of nitrogens with one attached hydrogen (secondary N) is 1. The summed E-state index contributed by atoms with van der Waals surface area (Å²) in [6, 6.07) is 11.4. The van der Waals surface area contributed by atoms with Gasteiger partial charge in [-0.05, 0) is 36.4 Å². The number of nitro groups is 1. The number of H-pyrrole nitrogens is 1. The van der Waals surface area contributed by atoms with E-state index < -0.39 is 22.0 Å². The van der Waals surface area contributed by atoms with Gasteiger partial charge in [0.1, 0.15) is 24.0 Å². The molecular formula is C19H13BrFN3O5. The lowest BCUT2D eigenvalue weighted by Gasteiger charge is -2.10. The van der Waals surface area contributed by atoms with Crippen molar-refractivity contribution in [2.75, 3.05) is 0 Å². The summed E-state index contributed by atoms with van der Waals surface area (Å²) in [7, 11) is 0. The highest BCUT2D eigenvalue weighted by Gasteiger charge is 2.21. The molecule has 0 atom stereocenters. The topological polar surface area (TPSA) is 118 Å². The van der Waals surface area contributed by atoms with Crippen molar-refractivity contribution in [1.82, 2.24) is 9.97 Å². The molecule has 10 heteroatoms. The Bertz CT molecular complexity index is 1160. The number of hydrogen-bond acceptors (Lipinski definition) is 6. The van der Waals surface area contributed by atoms with Crippen molar-refractivity contribution in [2.24, 2.45) is 0 Å². The van der Waals surface area contributed by atoms with E-state index in [-0.39, 0.29) is 18.2 Å². The van der Waals surface area contributed by atoms with Gasteiger partial charge in [-0.25, -0.2) is 4.39 Å². The molecule has 0 aliphatic carbocycles. The molecule has 1 aromatic heterocycles. The van der Waals surface area contributed by atoms with E-state index in [0.717, 1.165) is 4.47 Å². The first-order valence-electron chi connectivity index (χ1n) is 8.16. The molecular weight excluding hydrogens is 449 g/mol. The molecule has 0 radical (unpaired) electrons. The Labute approximate surface area is 171 Å². The molecule has 29 heavy (non-hydrogen) atoms. The molecule has 3 rings (SSSR count). The van der Waals surface area contributed by atoms with Crippen molar-refractivity contribution in [3.8, 4) is 11.6 Å². The van der Waals surface area contributed by atoms with Crippen molar-refractivity contribution >= 4 is 33.8 Å². The Kier molecular flexibility index (Phi) is 6.03. The molecule has 8 nitrogen and oxygen atoms in total. The Morgan fingerprint density at radius 3 is 2.72 bits per heavy atom. The molecule has 0 aliphatic heterocycles.